The molecule has 0 aliphatic carbocycles. The molecule has 3 aromatic rings. The Bertz CT molecular complexity index is 1210. The van der Waals surface area contributed by atoms with Crippen LogP contribution in [0.25, 0.3) is 16.6 Å². The largest absolute Gasteiger partial charge is 0.268 e. The van der Waals surface area contributed by atoms with Gasteiger partial charge in [-0.2, -0.15) is 10.2 Å². The van der Waals surface area contributed by atoms with E-state index in [0.29, 0.717) is 45.9 Å². The summed E-state index contributed by atoms with van der Waals surface area (Å²) in [6, 6.07) is 12.0. The number of rotatable bonds is 7. The van der Waals surface area contributed by atoms with Crippen molar-refractivity contribution < 1.29 is 4.39 Å². The van der Waals surface area contributed by atoms with Crippen molar-refractivity contribution in [1.82, 2.24) is 9.55 Å². The molecule has 0 amide bonds. The van der Waals surface area contributed by atoms with Crippen molar-refractivity contribution >= 4 is 22.7 Å². The fourth-order valence-electron chi connectivity index (χ4n) is 3.13. The van der Waals surface area contributed by atoms with E-state index < -0.39 is 5.66 Å². The van der Waals surface area contributed by atoms with Crippen molar-refractivity contribution in [2.45, 2.75) is 37.0 Å². The Morgan fingerprint density at radius 3 is 2.72 bits per heavy atom. The standard InChI is InChI=1S/C22H19FN4OS/c1-3-4-11-22(25-26-22)12-13-29-21-24-19-8-6-5-7-17(19)20(28)27(21)16-10-9-15(2)18(23)14-16/h1,5-10,14H,4,11-13H2,2H3. The zero-order valence-corrected chi connectivity index (χ0v) is 16.7. The summed E-state index contributed by atoms with van der Waals surface area (Å²) >= 11 is 1.44. The normalized spacial score (nSPS) is 14.1. The first kappa shape index (κ1) is 19.3. The molecular weight excluding hydrogens is 387 g/mol. The molecule has 1 aromatic heterocycles. The molecule has 0 fully saturated rings. The van der Waals surface area contributed by atoms with Gasteiger partial charge in [0.2, 0.25) is 0 Å². The Balaban J connectivity index is 1.69. The average Bonchev–Trinajstić information content (AvgIpc) is 3.49. The monoisotopic (exact) mass is 406 g/mol. The van der Waals surface area contributed by atoms with Crippen LogP contribution in [0.1, 0.15) is 24.8 Å². The Labute approximate surface area is 172 Å². The number of terminal acetylenes is 1. The number of aryl methyl sites for hydroxylation is 1. The minimum Gasteiger partial charge on any atom is -0.268 e. The lowest BCUT2D eigenvalue weighted by molar-refractivity contribution is 0.544. The van der Waals surface area contributed by atoms with E-state index in [1.54, 1.807) is 37.3 Å². The van der Waals surface area contributed by atoms with Gasteiger partial charge in [0.25, 0.3) is 5.56 Å². The maximum absolute atomic E-state index is 14.2. The molecule has 4 rings (SSSR count). The van der Waals surface area contributed by atoms with Gasteiger partial charge in [-0.05, 0) is 36.8 Å². The first-order chi connectivity index (χ1) is 14.0. The third-order valence-electron chi connectivity index (χ3n) is 4.94. The first-order valence-corrected chi connectivity index (χ1v) is 10.3. The molecule has 146 valence electrons. The second-order valence-corrected chi connectivity index (χ2v) is 8.03. The number of hydrogen-bond acceptors (Lipinski definition) is 5. The maximum Gasteiger partial charge on any atom is 0.266 e. The third kappa shape index (κ3) is 3.94. The van der Waals surface area contributed by atoms with Gasteiger partial charge >= 0.3 is 0 Å². The van der Waals surface area contributed by atoms with Crippen molar-refractivity contribution in [2.75, 3.05) is 5.75 Å². The SMILES string of the molecule is C#CCCC1(CCSc2nc3ccccc3c(=O)n2-c2ccc(C)c(F)c2)N=N1. The third-order valence-corrected chi connectivity index (χ3v) is 5.89. The van der Waals surface area contributed by atoms with Gasteiger partial charge < -0.3 is 0 Å². The highest BCUT2D eigenvalue weighted by Gasteiger charge is 2.38. The Morgan fingerprint density at radius 1 is 1.21 bits per heavy atom. The van der Waals surface area contributed by atoms with E-state index in [9.17, 15) is 9.18 Å². The molecule has 1 aliphatic heterocycles. The number of halogens is 1. The van der Waals surface area contributed by atoms with Gasteiger partial charge in [0.1, 0.15) is 5.82 Å². The lowest BCUT2D eigenvalue weighted by atomic mass is 10.1. The van der Waals surface area contributed by atoms with Crippen LogP contribution < -0.4 is 5.56 Å². The molecule has 0 unspecified atom stereocenters. The molecule has 29 heavy (non-hydrogen) atoms. The first-order valence-electron chi connectivity index (χ1n) is 9.32. The van der Waals surface area contributed by atoms with Crippen LogP contribution in [0.3, 0.4) is 0 Å². The predicted molar refractivity (Wildman–Crippen MR) is 113 cm³/mol. The number of fused-ring (bicyclic) bond motifs is 1. The number of aromatic nitrogens is 2. The molecule has 2 aromatic carbocycles. The Hall–Kier alpha value is -2.98. The van der Waals surface area contributed by atoms with Crippen molar-refractivity contribution in [1.29, 1.82) is 0 Å². The van der Waals surface area contributed by atoms with E-state index in [0.717, 1.165) is 6.42 Å². The number of hydrogen-bond donors (Lipinski definition) is 0. The minimum atomic E-state index is -0.392. The van der Waals surface area contributed by atoms with Crippen molar-refractivity contribution in [3.05, 3.63) is 64.2 Å². The number of benzene rings is 2. The fourth-order valence-corrected chi connectivity index (χ4v) is 4.22. The summed E-state index contributed by atoms with van der Waals surface area (Å²) in [5, 5.41) is 9.31. The van der Waals surface area contributed by atoms with E-state index in [4.69, 9.17) is 6.42 Å². The lowest BCUT2D eigenvalue weighted by Crippen LogP contribution is -2.22. The smallest absolute Gasteiger partial charge is 0.266 e. The van der Waals surface area contributed by atoms with Crippen LogP contribution in [0.2, 0.25) is 0 Å². The molecule has 0 atom stereocenters. The van der Waals surface area contributed by atoms with Gasteiger partial charge in [-0.25, -0.2) is 9.37 Å². The van der Waals surface area contributed by atoms with Crippen LogP contribution in [0.15, 0.2) is 62.6 Å². The van der Waals surface area contributed by atoms with Crippen LogP contribution in [-0.4, -0.2) is 21.0 Å². The van der Waals surface area contributed by atoms with Crippen LogP contribution in [0, 0.1) is 25.1 Å². The molecule has 0 N–H and O–H groups in total. The van der Waals surface area contributed by atoms with Crippen LogP contribution in [0.5, 0.6) is 0 Å². The minimum absolute atomic E-state index is 0.218. The number of para-hydroxylation sites is 1. The van der Waals surface area contributed by atoms with E-state index in [2.05, 4.69) is 21.1 Å². The summed E-state index contributed by atoms with van der Waals surface area (Å²) in [4.78, 5) is 17.9. The molecule has 7 heteroatoms. The summed E-state index contributed by atoms with van der Waals surface area (Å²) in [5.41, 5.74) is 0.992. The summed E-state index contributed by atoms with van der Waals surface area (Å²) in [7, 11) is 0. The van der Waals surface area contributed by atoms with Crippen LogP contribution >= 0.6 is 11.8 Å². The van der Waals surface area contributed by atoms with Gasteiger partial charge in [-0.1, -0.05) is 30.0 Å². The van der Waals surface area contributed by atoms with Gasteiger partial charge in [-0.3, -0.25) is 9.36 Å². The predicted octanol–water partition coefficient (Wildman–Crippen LogP) is 4.89. The summed E-state index contributed by atoms with van der Waals surface area (Å²) in [6.07, 6.45) is 7.41. The van der Waals surface area contributed by atoms with E-state index in [-0.39, 0.29) is 11.4 Å². The van der Waals surface area contributed by atoms with Crippen molar-refractivity contribution in [2.24, 2.45) is 10.2 Å². The van der Waals surface area contributed by atoms with Gasteiger partial charge in [0.05, 0.1) is 16.6 Å². The lowest BCUT2D eigenvalue weighted by Gasteiger charge is -2.14. The highest BCUT2D eigenvalue weighted by molar-refractivity contribution is 7.99. The zero-order chi connectivity index (χ0) is 20.4. The average molecular weight is 406 g/mol. The van der Waals surface area contributed by atoms with Crippen molar-refractivity contribution in [3.8, 4) is 18.0 Å². The quantitative estimate of drug-likeness (QED) is 0.319. The second kappa shape index (κ2) is 7.80. The van der Waals surface area contributed by atoms with Gasteiger partial charge in [0, 0.05) is 25.0 Å². The summed E-state index contributed by atoms with van der Waals surface area (Å²) in [6.45, 7) is 1.69. The highest BCUT2D eigenvalue weighted by Crippen LogP contribution is 2.38. The fraction of sp³-hybridized carbons (Fsp3) is 0.273. The molecule has 0 spiro atoms. The molecule has 5 nitrogen and oxygen atoms in total. The zero-order valence-electron chi connectivity index (χ0n) is 15.9. The molecule has 0 radical (unpaired) electrons. The topological polar surface area (TPSA) is 59.6 Å². The van der Waals surface area contributed by atoms with Crippen LogP contribution in [-0.2, 0) is 0 Å². The summed E-state index contributed by atoms with van der Waals surface area (Å²) in [5.74, 6) is 2.92. The Kier molecular flexibility index (Phi) is 5.20. The molecule has 0 saturated carbocycles. The second-order valence-electron chi connectivity index (χ2n) is 6.97. The molecule has 2 heterocycles. The highest BCUT2D eigenvalue weighted by atomic mass is 32.2. The molecular formula is C22H19FN4OS. The molecule has 1 aliphatic rings. The Morgan fingerprint density at radius 2 is 2.00 bits per heavy atom. The molecule has 0 saturated heterocycles. The van der Waals surface area contributed by atoms with Gasteiger partial charge in [-0.15, -0.1) is 12.3 Å². The van der Waals surface area contributed by atoms with E-state index in [1.165, 1.54) is 22.4 Å². The van der Waals surface area contributed by atoms with Crippen molar-refractivity contribution in [3.63, 3.8) is 0 Å². The number of nitrogens with zero attached hydrogens (tertiary/aromatic N) is 4. The number of thioether (sulfide) groups is 1. The molecule has 0 bridgehead atoms. The van der Waals surface area contributed by atoms with E-state index in [1.807, 2.05) is 6.07 Å². The maximum atomic E-state index is 14.2. The van der Waals surface area contributed by atoms with Crippen LogP contribution in [0.4, 0.5) is 4.39 Å². The summed E-state index contributed by atoms with van der Waals surface area (Å²) < 4.78 is 15.7. The van der Waals surface area contributed by atoms with Gasteiger partial charge in [0.15, 0.2) is 10.8 Å². The van der Waals surface area contributed by atoms with E-state index >= 15 is 0 Å².